The molecule has 0 bridgehead atoms. The van der Waals surface area contributed by atoms with Crippen LogP contribution >= 0.6 is 0 Å². The molecule has 1 aromatic carbocycles. The average Bonchev–Trinajstić information content (AvgIpc) is 2.53. The number of hydrogen-bond donors (Lipinski definition) is 1. The Labute approximate surface area is 135 Å². The van der Waals surface area contributed by atoms with Crippen molar-refractivity contribution >= 4 is 16.0 Å². The smallest absolute Gasteiger partial charge is 0.307 e. The van der Waals surface area contributed by atoms with Gasteiger partial charge in [0.25, 0.3) is 0 Å². The lowest BCUT2D eigenvalue weighted by molar-refractivity contribution is -0.143. The minimum Gasteiger partial charge on any atom is -0.493 e. The first-order valence-corrected chi connectivity index (χ1v) is 8.68. The van der Waals surface area contributed by atoms with E-state index in [2.05, 4.69) is 0 Å². The van der Waals surface area contributed by atoms with E-state index in [1.54, 1.807) is 0 Å². The molecule has 1 saturated heterocycles. The average molecular weight is 343 g/mol. The molecule has 7 nitrogen and oxygen atoms in total. The number of methoxy groups -OCH3 is 2. The van der Waals surface area contributed by atoms with Gasteiger partial charge in [-0.25, -0.2) is 8.42 Å². The fourth-order valence-electron chi connectivity index (χ4n) is 2.80. The maximum atomic E-state index is 12.8. The van der Waals surface area contributed by atoms with Crippen molar-refractivity contribution in [3.63, 3.8) is 0 Å². The molecule has 2 unspecified atom stereocenters. The van der Waals surface area contributed by atoms with Crippen molar-refractivity contribution in [2.24, 2.45) is 11.8 Å². The lowest BCUT2D eigenvalue weighted by atomic mass is 9.92. The van der Waals surface area contributed by atoms with Crippen LogP contribution in [0.2, 0.25) is 0 Å². The first kappa shape index (κ1) is 17.6. The number of piperidine rings is 1. The molecule has 0 saturated carbocycles. The van der Waals surface area contributed by atoms with Crippen LogP contribution in [0, 0.1) is 11.8 Å². The Morgan fingerprint density at radius 2 is 1.87 bits per heavy atom. The number of sulfonamides is 1. The summed E-state index contributed by atoms with van der Waals surface area (Å²) in [4.78, 5) is 11.3. The highest BCUT2D eigenvalue weighted by Crippen LogP contribution is 2.32. The molecule has 1 fully saturated rings. The fraction of sp³-hybridized carbons (Fsp3) is 0.533. The number of benzene rings is 1. The van der Waals surface area contributed by atoms with Gasteiger partial charge in [-0.15, -0.1) is 0 Å². The summed E-state index contributed by atoms with van der Waals surface area (Å²) >= 11 is 0. The quantitative estimate of drug-likeness (QED) is 0.869. The second kappa shape index (κ2) is 6.76. The largest absolute Gasteiger partial charge is 0.493 e. The van der Waals surface area contributed by atoms with Crippen LogP contribution in [0.4, 0.5) is 0 Å². The molecule has 1 N–H and O–H groups in total. The highest BCUT2D eigenvalue weighted by atomic mass is 32.2. The van der Waals surface area contributed by atoms with Gasteiger partial charge in [-0.1, -0.05) is 6.92 Å². The fourth-order valence-corrected chi connectivity index (χ4v) is 4.43. The predicted molar refractivity (Wildman–Crippen MR) is 83.2 cm³/mol. The van der Waals surface area contributed by atoms with E-state index in [0.29, 0.717) is 24.5 Å². The van der Waals surface area contributed by atoms with Gasteiger partial charge in [-0.05, 0) is 24.5 Å². The minimum atomic E-state index is -3.78. The number of ether oxygens (including phenoxy) is 2. The number of carbonyl (C=O) groups is 1. The van der Waals surface area contributed by atoms with Crippen molar-refractivity contribution in [3.8, 4) is 11.5 Å². The van der Waals surface area contributed by atoms with Crippen LogP contribution in [-0.4, -0.2) is 51.1 Å². The zero-order chi connectivity index (χ0) is 17.2. The molecular formula is C15H21NO6S. The monoisotopic (exact) mass is 343 g/mol. The maximum Gasteiger partial charge on any atom is 0.307 e. The van der Waals surface area contributed by atoms with E-state index >= 15 is 0 Å². The van der Waals surface area contributed by atoms with E-state index in [-0.39, 0.29) is 17.4 Å². The molecule has 23 heavy (non-hydrogen) atoms. The Kier molecular flexibility index (Phi) is 5.16. The Morgan fingerprint density at radius 1 is 1.22 bits per heavy atom. The second-order valence-corrected chi connectivity index (χ2v) is 7.65. The molecule has 0 amide bonds. The molecular weight excluding hydrogens is 322 g/mol. The van der Waals surface area contributed by atoms with Crippen molar-refractivity contribution in [2.75, 3.05) is 27.3 Å². The number of carboxylic acid groups (broad SMARTS) is 1. The lowest BCUT2D eigenvalue weighted by Gasteiger charge is -2.33. The Morgan fingerprint density at radius 3 is 2.43 bits per heavy atom. The standard InChI is InChI=1S/C15H21NO6S/c1-10-6-11(15(17)18)9-16(8-10)23(19,20)12-4-5-13(21-2)14(7-12)22-3/h4-5,7,10-11H,6,8-9H2,1-3H3,(H,17,18). The van der Waals surface area contributed by atoms with E-state index in [4.69, 9.17) is 9.47 Å². The topological polar surface area (TPSA) is 93.1 Å². The van der Waals surface area contributed by atoms with Gasteiger partial charge in [0.05, 0.1) is 25.0 Å². The van der Waals surface area contributed by atoms with Crippen LogP contribution in [0.15, 0.2) is 23.1 Å². The highest BCUT2D eigenvalue weighted by molar-refractivity contribution is 7.89. The Bertz CT molecular complexity index is 687. The molecule has 1 aliphatic rings. The first-order chi connectivity index (χ1) is 10.8. The molecule has 1 aliphatic heterocycles. The molecule has 2 rings (SSSR count). The maximum absolute atomic E-state index is 12.8. The molecule has 0 radical (unpaired) electrons. The zero-order valence-electron chi connectivity index (χ0n) is 13.4. The van der Waals surface area contributed by atoms with E-state index in [1.165, 1.54) is 36.7 Å². The first-order valence-electron chi connectivity index (χ1n) is 7.24. The normalized spacial score (nSPS) is 22.6. The molecule has 1 heterocycles. The summed E-state index contributed by atoms with van der Waals surface area (Å²) in [5.74, 6) is -0.923. The van der Waals surface area contributed by atoms with Gasteiger partial charge < -0.3 is 14.6 Å². The number of aliphatic carboxylic acids is 1. The van der Waals surface area contributed by atoms with E-state index in [0.717, 1.165) is 0 Å². The number of nitrogens with zero attached hydrogens (tertiary/aromatic N) is 1. The molecule has 2 atom stereocenters. The molecule has 8 heteroatoms. The number of rotatable bonds is 5. The van der Waals surface area contributed by atoms with E-state index < -0.39 is 21.9 Å². The molecule has 0 aliphatic carbocycles. The summed E-state index contributed by atoms with van der Waals surface area (Å²) in [6, 6.07) is 4.35. The van der Waals surface area contributed by atoms with Crippen molar-refractivity contribution in [3.05, 3.63) is 18.2 Å². The van der Waals surface area contributed by atoms with Gasteiger partial charge in [-0.3, -0.25) is 4.79 Å². The summed E-state index contributed by atoms with van der Waals surface area (Å²) in [5.41, 5.74) is 0. The Balaban J connectivity index is 2.35. The summed E-state index contributed by atoms with van der Waals surface area (Å²) < 4.78 is 37.1. The van der Waals surface area contributed by atoms with Crippen LogP contribution in [0.25, 0.3) is 0 Å². The zero-order valence-corrected chi connectivity index (χ0v) is 14.2. The van der Waals surface area contributed by atoms with Crippen molar-refractivity contribution in [1.29, 1.82) is 0 Å². The Hall–Kier alpha value is -1.80. The van der Waals surface area contributed by atoms with Crippen LogP contribution in [0.5, 0.6) is 11.5 Å². The van der Waals surface area contributed by atoms with Crippen molar-refractivity contribution in [2.45, 2.75) is 18.2 Å². The third-order valence-corrected chi connectivity index (χ3v) is 5.80. The van der Waals surface area contributed by atoms with Gasteiger partial charge in [0.1, 0.15) is 0 Å². The predicted octanol–water partition coefficient (Wildman–Crippen LogP) is 1.44. The van der Waals surface area contributed by atoms with E-state index in [9.17, 15) is 18.3 Å². The van der Waals surface area contributed by atoms with Gasteiger partial charge in [0.2, 0.25) is 10.0 Å². The van der Waals surface area contributed by atoms with Gasteiger partial charge in [0, 0.05) is 19.2 Å². The number of hydrogen-bond acceptors (Lipinski definition) is 5. The van der Waals surface area contributed by atoms with Gasteiger partial charge >= 0.3 is 5.97 Å². The van der Waals surface area contributed by atoms with Crippen LogP contribution < -0.4 is 9.47 Å². The molecule has 0 spiro atoms. The third kappa shape index (κ3) is 3.59. The minimum absolute atomic E-state index is 0.0141. The summed E-state index contributed by atoms with van der Waals surface area (Å²) in [7, 11) is -0.888. The lowest BCUT2D eigenvalue weighted by Crippen LogP contribution is -2.45. The third-order valence-electron chi connectivity index (χ3n) is 3.97. The summed E-state index contributed by atoms with van der Waals surface area (Å²) in [6.45, 7) is 2.14. The van der Waals surface area contributed by atoms with Crippen LogP contribution in [0.1, 0.15) is 13.3 Å². The summed E-state index contributed by atoms with van der Waals surface area (Å²) in [6.07, 6.45) is 0.479. The van der Waals surface area contributed by atoms with Crippen molar-refractivity contribution < 1.29 is 27.8 Å². The highest BCUT2D eigenvalue weighted by Gasteiger charge is 2.36. The van der Waals surface area contributed by atoms with Crippen LogP contribution in [0.3, 0.4) is 0 Å². The van der Waals surface area contributed by atoms with Gasteiger partial charge in [0.15, 0.2) is 11.5 Å². The molecule has 0 aromatic heterocycles. The summed E-state index contributed by atoms with van der Waals surface area (Å²) in [5, 5.41) is 9.20. The van der Waals surface area contributed by atoms with E-state index in [1.807, 2.05) is 6.92 Å². The molecule has 1 aromatic rings. The van der Waals surface area contributed by atoms with Crippen molar-refractivity contribution in [1.82, 2.24) is 4.31 Å². The SMILES string of the molecule is COc1ccc(S(=O)(=O)N2CC(C)CC(C(=O)O)C2)cc1OC. The second-order valence-electron chi connectivity index (χ2n) is 5.71. The van der Waals surface area contributed by atoms with Crippen LogP contribution in [-0.2, 0) is 14.8 Å². The number of carboxylic acids is 1. The van der Waals surface area contributed by atoms with Gasteiger partial charge in [-0.2, -0.15) is 4.31 Å². The molecule has 128 valence electrons.